The summed E-state index contributed by atoms with van der Waals surface area (Å²) in [5, 5.41) is 0. The van der Waals surface area contributed by atoms with E-state index in [1.807, 2.05) is 6.07 Å². The van der Waals surface area contributed by atoms with Crippen LogP contribution in [0.4, 0.5) is 5.69 Å². The average Bonchev–Trinajstić information content (AvgIpc) is 3.09. The third kappa shape index (κ3) is 2.00. The number of anilines is 1. The van der Waals surface area contributed by atoms with Gasteiger partial charge in [0, 0.05) is 31.2 Å². The molecule has 1 unspecified atom stereocenters. The summed E-state index contributed by atoms with van der Waals surface area (Å²) >= 11 is 0. The fourth-order valence-electron chi connectivity index (χ4n) is 2.54. The van der Waals surface area contributed by atoms with Crippen molar-refractivity contribution in [2.24, 2.45) is 5.73 Å². The minimum atomic E-state index is 0.161. The highest BCUT2D eigenvalue weighted by molar-refractivity contribution is 5.60. The van der Waals surface area contributed by atoms with Crippen LogP contribution in [0.2, 0.25) is 0 Å². The van der Waals surface area contributed by atoms with Crippen LogP contribution in [0.15, 0.2) is 18.2 Å². The molecule has 3 heteroatoms. The van der Waals surface area contributed by atoms with Gasteiger partial charge in [-0.05, 0) is 43.5 Å². The number of hydrogen-bond acceptors (Lipinski definition) is 3. The van der Waals surface area contributed by atoms with Crippen molar-refractivity contribution < 1.29 is 4.74 Å². The number of rotatable bonds is 4. The lowest BCUT2D eigenvalue weighted by Crippen LogP contribution is -2.33. The molecule has 1 fully saturated rings. The molecule has 0 aromatic heterocycles. The van der Waals surface area contributed by atoms with Crippen LogP contribution in [0.3, 0.4) is 0 Å². The minimum absolute atomic E-state index is 0.161. The normalized spacial score (nSPS) is 18.6. The Labute approximate surface area is 104 Å². The van der Waals surface area contributed by atoms with E-state index in [2.05, 4.69) is 38.1 Å². The molecule has 1 aliphatic rings. The molecule has 0 aliphatic heterocycles. The quantitative estimate of drug-likeness (QED) is 0.867. The Morgan fingerprint density at radius 2 is 2.00 bits per heavy atom. The molecule has 1 atom stereocenters. The lowest BCUT2D eigenvalue weighted by atomic mass is 9.87. The van der Waals surface area contributed by atoms with Gasteiger partial charge in [-0.1, -0.05) is 0 Å². The van der Waals surface area contributed by atoms with Crippen LogP contribution in [0.1, 0.15) is 25.3 Å². The summed E-state index contributed by atoms with van der Waals surface area (Å²) in [6.45, 7) is 2.10. The first-order chi connectivity index (χ1) is 8.01. The average molecular weight is 234 g/mol. The van der Waals surface area contributed by atoms with Crippen molar-refractivity contribution in [2.45, 2.75) is 31.2 Å². The Morgan fingerprint density at radius 3 is 2.41 bits per heavy atom. The Hall–Kier alpha value is -1.22. The van der Waals surface area contributed by atoms with Crippen molar-refractivity contribution in [3.8, 4) is 5.75 Å². The monoisotopic (exact) mass is 234 g/mol. The zero-order valence-electron chi connectivity index (χ0n) is 11.2. The molecule has 1 aliphatic carbocycles. The molecule has 1 aromatic rings. The number of methoxy groups -OCH3 is 1. The third-order valence-corrected chi connectivity index (χ3v) is 3.88. The van der Waals surface area contributed by atoms with Crippen molar-refractivity contribution in [2.75, 3.05) is 26.1 Å². The van der Waals surface area contributed by atoms with Crippen LogP contribution in [0.25, 0.3) is 0 Å². The summed E-state index contributed by atoms with van der Waals surface area (Å²) in [4.78, 5) is 2.15. The van der Waals surface area contributed by atoms with E-state index in [1.54, 1.807) is 7.11 Å². The second kappa shape index (κ2) is 4.22. The van der Waals surface area contributed by atoms with E-state index in [9.17, 15) is 0 Å². The van der Waals surface area contributed by atoms with E-state index in [4.69, 9.17) is 10.5 Å². The van der Waals surface area contributed by atoms with Gasteiger partial charge in [0.2, 0.25) is 0 Å². The topological polar surface area (TPSA) is 38.5 Å². The summed E-state index contributed by atoms with van der Waals surface area (Å²) in [5.74, 6) is 0.914. The first-order valence-corrected chi connectivity index (χ1v) is 6.12. The first-order valence-electron chi connectivity index (χ1n) is 6.12. The Morgan fingerprint density at radius 1 is 1.35 bits per heavy atom. The van der Waals surface area contributed by atoms with Crippen LogP contribution in [0.5, 0.6) is 5.75 Å². The van der Waals surface area contributed by atoms with Crippen LogP contribution < -0.4 is 15.4 Å². The Balaban J connectivity index is 2.50. The largest absolute Gasteiger partial charge is 0.497 e. The lowest BCUT2D eigenvalue weighted by molar-refractivity contribution is 0.413. The van der Waals surface area contributed by atoms with Gasteiger partial charge in [0.15, 0.2) is 0 Å². The molecule has 94 valence electrons. The van der Waals surface area contributed by atoms with E-state index >= 15 is 0 Å². The molecule has 17 heavy (non-hydrogen) atoms. The Bertz CT molecular complexity index is 409. The highest BCUT2D eigenvalue weighted by atomic mass is 16.5. The highest BCUT2D eigenvalue weighted by Crippen LogP contribution is 2.53. The van der Waals surface area contributed by atoms with Gasteiger partial charge < -0.3 is 15.4 Å². The number of ether oxygens (including phenoxy) is 1. The maximum atomic E-state index is 6.17. The second-order valence-corrected chi connectivity index (χ2v) is 5.22. The minimum Gasteiger partial charge on any atom is -0.497 e. The van der Waals surface area contributed by atoms with E-state index < -0.39 is 0 Å². The fourth-order valence-corrected chi connectivity index (χ4v) is 2.54. The molecule has 2 N–H and O–H groups in total. The van der Waals surface area contributed by atoms with Gasteiger partial charge in [0.1, 0.15) is 5.75 Å². The predicted molar refractivity (Wildman–Crippen MR) is 71.9 cm³/mol. The van der Waals surface area contributed by atoms with Gasteiger partial charge in [-0.15, -0.1) is 0 Å². The number of nitrogens with two attached hydrogens (primary N) is 1. The van der Waals surface area contributed by atoms with Crippen molar-refractivity contribution in [3.63, 3.8) is 0 Å². The maximum absolute atomic E-state index is 6.17. The molecule has 0 saturated heterocycles. The molecule has 1 aromatic carbocycles. The molecule has 0 spiro atoms. The number of benzene rings is 1. The molecular formula is C14H22N2O. The summed E-state index contributed by atoms with van der Waals surface area (Å²) in [5.41, 5.74) is 8.91. The molecule has 0 bridgehead atoms. The van der Waals surface area contributed by atoms with Gasteiger partial charge in [-0.25, -0.2) is 0 Å². The summed E-state index contributed by atoms with van der Waals surface area (Å²) in [6.07, 6.45) is 2.36. The SMILES string of the molecule is COc1ccc(N(C)C)c(C2(C(C)N)CC2)c1. The second-order valence-electron chi connectivity index (χ2n) is 5.22. The van der Waals surface area contributed by atoms with E-state index in [1.165, 1.54) is 24.1 Å². The van der Waals surface area contributed by atoms with E-state index in [-0.39, 0.29) is 11.5 Å². The standard InChI is InChI=1S/C14H22N2O/c1-10(15)14(7-8-14)12-9-11(17-4)5-6-13(12)16(2)3/h5-6,9-10H,7-8,15H2,1-4H3. The van der Waals surface area contributed by atoms with Crippen LogP contribution in [-0.4, -0.2) is 27.2 Å². The summed E-state index contributed by atoms with van der Waals surface area (Å²) < 4.78 is 5.33. The number of nitrogens with zero attached hydrogens (tertiary/aromatic N) is 1. The van der Waals surface area contributed by atoms with Gasteiger partial charge in [0.25, 0.3) is 0 Å². The first kappa shape index (κ1) is 12.2. The van der Waals surface area contributed by atoms with Gasteiger partial charge in [0.05, 0.1) is 7.11 Å². The van der Waals surface area contributed by atoms with Crippen LogP contribution in [-0.2, 0) is 5.41 Å². The third-order valence-electron chi connectivity index (χ3n) is 3.88. The summed E-state index contributed by atoms with van der Waals surface area (Å²) in [6, 6.07) is 6.46. The van der Waals surface area contributed by atoms with Crippen molar-refractivity contribution in [1.29, 1.82) is 0 Å². The van der Waals surface area contributed by atoms with E-state index in [0.717, 1.165) is 5.75 Å². The smallest absolute Gasteiger partial charge is 0.119 e. The molecule has 3 nitrogen and oxygen atoms in total. The molecular weight excluding hydrogens is 212 g/mol. The zero-order valence-corrected chi connectivity index (χ0v) is 11.2. The predicted octanol–water partition coefficient (Wildman–Crippen LogP) is 2.14. The Kier molecular flexibility index (Phi) is 3.04. The lowest BCUT2D eigenvalue weighted by Gasteiger charge is -2.27. The fraction of sp³-hybridized carbons (Fsp3) is 0.571. The van der Waals surface area contributed by atoms with Crippen molar-refractivity contribution in [3.05, 3.63) is 23.8 Å². The zero-order chi connectivity index (χ0) is 12.6. The van der Waals surface area contributed by atoms with Gasteiger partial charge in [-0.2, -0.15) is 0 Å². The van der Waals surface area contributed by atoms with E-state index in [0.29, 0.717) is 0 Å². The maximum Gasteiger partial charge on any atom is 0.119 e. The van der Waals surface area contributed by atoms with Gasteiger partial charge in [-0.3, -0.25) is 0 Å². The summed E-state index contributed by atoms with van der Waals surface area (Å²) in [7, 11) is 5.85. The molecule has 0 heterocycles. The van der Waals surface area contributed by atoms with Crippen molar-refractivity contribution in [1.82, 2.24) is 0 Å². The molecule has 2 rings (SSSR count). The number of hydrogen-bond donors (Lipinski definition) is 1. The highest BCUT2D eigenvalue weighted by Gasteiger charge is 2.49. The molecule has 1 saturated carbocycles. The molecule has 0 amide bonds. The van der Waals surface area contributed by atoms with Crippen LogP contribution in [0, 0.1) is 0 Å². The molecule has 0 radical (unpaired) electrons. The van der Waals surface area contributed by atoms with Crippen molar-refractivity contribution >= 4 is 5.69 Å². The van der Waals surface area contributed by atoms with Crippen LogP contribution >= 0.6 is 0 Å². The van der Waals surface area contributed by atoms with Gasteiger partial charge >= 0.3 is 0 Å².